The Bertz CT molecular complexity index is 371. The third kappa shape index (κ3) is 2.16. The zero-order valence-corrected chi connectivity index (χ0v) is 9.19. The molecule has 1 fully saturated rings. The first-order valence-electron chi connectivity index (χ1n) is 5.40. The van der Waals surface area contributed by atoms with Crippen molar-refractivity contribution in [3.63, 3.8) is 0 Å². The minimum absolute atomic E-state index is 0.00991. The van der Waals surface area contributed by atoms with E-state index in [9.17, 15) is 4.79 Å². The molecule has 0 spiro atoms. The molecule has 16 heavy (non-hydrogen) atoms. The van der Waals surface area contributed by atoms with Gasteiger partial charge in [0.1, 0.15) is 11.4 Å². The van der Waals surface area contributed by atoms with Crippen LogP contribution in [0.25, 0.3) is 0 Å². The van der Waals surface area contributed by atoms with Crippen molar-refractivity contribution < 1.29 is 9.53 Å². The maximum Gasteiger partial charge on any atom is 0.256 e. The average molecular weight is 224 g/mol. The zero-order valence-electron chi connectivity index (χ0n) is 9.19. The molecule has 0 radical (unpaired) electrons. The standard InChI is InChI=1S/C10H16N4O2/c1-6(8-3-2-4-16-8)13-10(15)7-5-12-14-9(7)11/h5-6,8H,2-4H2,1H3,(H,13,15)(H3,11,12,14). The molecule has 88 valence electrons. The topological polar surface area (TPSA) is 93.0 Å². The molecular weight excluding hydrogens is 208 g/mol. The van der Waals surface area contributed by atoms with Crippen molar-refractivity contribution in [1.29, 1.82) is 0 Å². The molecule has 1 saturated heterocycles. The molecule has 2 rings (SSSR count). The molecule has 1 amide bonds. The van der Waals surface area contributed by atoms with Crippen molar-refractivity contribution in [3.8, 4) is 0 Å². The summed E-state index contributed by atoms with van der Waals surface area (Å²) >= 11 is 0. The minimum atomic E-state index is -0.214. The van der Waals surface area contributed by atoms with Crippen LogP contribution >= 0.6 is 0 Å². The molecule has 0 saturated carbocycles. The predicted molar refractivity (Wildman–Crippen MR) is 58.9 cm³/mol. The van der Waals surface area contributed by atoms with Crippen molar-refractivity contribution >= 4 is 11.7 Å². The SMILES string of the molecule is CC(NC(=O)c1cn[nH]c1N)C1CCCO1. The number of nitrogens with one attached hydrogen (secondary N) is 2. The van der Waals surface area contributed by atoms with E-state index in [-0.39, 0.29) is 23.9 Å². The molecule has 6 heteroatoms. The molecule has 2 atom stereocenters. The van der Waals surface area contributed by atoms with Gasteiger partial charge in [-0.1, -0.05) is 0 Å². The summed E-state index contributed by atoms with van der Waals surface area (Å²) in [7, 11) is 0. The number of nitrogen functional groups attached to an aromatic ring is 1. The van der Waals surface area contributed by atoms with Gasteiger partial charge in [-0.05, 0) is 19.8 Å². The number of anilines is 1. The van der Waals surface area contributed by atoms with E-state index in [1.807, 2.05) is 6.92 Å². The third-order valence-corrected chi connectivity index (χ3v) is 2.79. The van der Waals surface area contributed by atoms with Gasteiger partial charge in [0, 0.05) is 6.61 Å². The number of carbonyl (C=O) groups excluding carboxylic acids is 1. The highest BCUT2D eigenvalue weighted by atomic mass is 16.5. The second-order valence-electron chi connectivity index (χ2n) is 4.01. The first-order valence-corrected chi connectivity index (χ1v) is 5.40. The Hall–Kier alpha value is -1.56. The summed E-state index contributed by atoms with van der Waals surface area (Å²) in [5.74, 6) is 0.0753. The third-order valence-electron chi connectivity index (χ3n) is 2.79. The minimum Gasteiger partial charge on any atom is -0.383 e. The van der Waals surface area contributed by atoms with Crippen molar-refractivity contribution in [3.05, 3.63) is 11.8 Å². The molecule has 1 aliphatic heterocycles. The van der Waals surface area contributed by atoms with Gasteiger partial charge in [-0.2, -0.15) is 5.10 Å². The molecule has 1 aromatic heterocycles. The van der Waals surface area contributed by atoms with Gasteiger partial charge in [-0.25, -0.2) is 0 Å². The van der Waals surface area contributed by atoms with Crippen LogP contribution in [0.5, 0.6) is 0 Å². The van der Waals surface area contributed by atoms with Crippen molar-refractivity contribution in [2.45, 2.75) is 31.9 Å². The Morgan fingerprint density at radius 2 is 2.62 bits per heavy atom. The van der Waals surface area contributed by atoms with E-state index in [0.717, 1.165) is 19.4 Å². The van der Waals surface area contributed by atoms with E-state index >= 15 is 0 Å². The lowest BCUT2D eigenvalue weighted by Crippen LogP contribution is -2.40. The monoisotopic (exact) mass is 224 g/mol. The maximum absolute atomic E-state index is 11.8. The quantitative estimate of drug-likeness (QED) is 0.688. The van der Waals surface area contributed by atoms with Crippen LogP contribution in [0.15, 0.2) is 6.20 Å². The van der Waals surface area contributed by atoms with E-state index in [0.29, 0.717) is 5.56 Å². The highest BCUT2D eigenvalue weighted by Gasteiger charge is 2.24. The molecule has 2 unspecified atom stereocenters. The Kier molecular flexibility index (Phi) is 3.09. The summed E-state index contributed by atoms with van der Waals surface area (Å²) in [5, 5.41) is 9.09. The number of amides is 1. The lowest BCUT2D eigenvalue weighted by molar-refractivity contribution is 0.0713. The van der Waals surface area contributed by atoms with Crippen LogP contribution in [0.4, 0.5) is 5.82 Å². The molecule has 0 bridgehead atoms. The summed E-state index contributed by atoms with van der Waals surface area (Å²) in [5.41, 5.74) is 5.94. The molecule has 0 aromatic carbocycles. The van der Waals surface area contributed by atoms with Gasteiger partial charge < -0.3 is 15.8 Å². The van der Waals surface area contributed by atoms with Gasteiger partial charge in [-0.15, -0.1) is 0 Å². The van der Waals surface area contributed by atoms with Crippen molar-refractivity contribution in [1.82, 2.24) is 15.5 Å². The molecule has 1 aromatic rings. The number of aromatic nitrogens is 2. The fourth-order valence-corrected chi connectivity index (χ4v) is 1.85. The second-order valence-corrected chi connectivity index (χ2v) is 4.01. The fourth-order valence-electron chi connectivity index (χ4n) is 1.85. The van der Waals surface area contributed by atoms with Crippen LogP contribution in [0, 0.1) is 0 Å². The number of rotatable bonds is 3. The Morgan fingerprint density at radius 1 is 1.81 bits per heavy atom. The van der Waals surface area contributed by atoms with Crippen LogP contribution in [-0.4, -0.2) is 34.9 Å². The lowest BCUT2D eigenvalue weighted by atomic mass is 10.1. The van der Waals surface area contributed by atoms with Crippen LogP contribution < -0.4 is 11.1 Å². The van der Waals surface area contributed by atoms with E-state index in [1.165, 1.54) is 6.20 Å². The second kappa shape index (κ2) is 4.52. The van der Waals surface area contributed by atoms with Gasteiger partial charge in [0.05, 0.1) is 18.3 Å². The Balaban J connectivity index is 1.94. The van der Waals surface area contributed by atoms with Gasteiger partial charge in [-0.3, -0.25) is 9.89 Å². The van der Waals surface area contributed by atoms with Crippen LogP contribution in [0.1, 0.15) is 30.1 Å². The molecule has 6 nitrogen and oxygen atoms in total. The normalized spacial score (nSPS) is 21.9. The largest absolute Gasteiger partial charge is 0.383 e. The first kappa shape index (κ1) is 10.9. The number of hydrogen-bond acceptors (Lipinski definition) is 4. The molecular formula is C10H16N4O2. The van der Waals surface area contributed by atoms with Crippen molar-refractivity contribution in [2.75, 3.05) is 12.3 Å². The van der Waals surface area contributed by atoms with Crippen LogP contribution in [-0.2, 0) is 4.74 Å². The number of ether oxygens (including phenoxy) is 1. The molecule has 1 aliphatic rings. The lowest BCUT2D eigenvalue weighted by Gasteiger charge is -2.19. The fraction of sp³-hybridized carbons (Fsp3) is 0.600. The Morgan fingerprint density at radius 3 is 3.19 bits per heavy atom. The summed E-state index contributed by atoms with van der Waals surface area (Å²) < 4.78 is 5.49. The number of H-pyrrole nitrogens is 1. The maximum atomic E-state index is 11.8. The van der Waals surface area contributed by atoms with Gasteiger partial charge >= 0.3 is 0 Å². The van der Waals surface area contributed by atoms with E-state index in [1.54, 1.807) is 0 Å². The predicted octanol–water partition coefficient (Wildman–Crippen LogP) is 0.289. The first-order chi connectivity index (χ1) is 7.68. The van der Waals surface area contributed by atoms with Gasteiger partial charge in [0.2, 0.25) is 0 Å². The molecule has 2 heterocycles. The van der Waals surface area contributed by atoms with E-state index in [4.69, 9.17) is 10.5 Å². The van der Waals surface area contributed by atoms with Crippen LogP contribution in [0.2, 0.25) is 0 Å². The van der Waals surface area contributed by atoms with Crippen LogP contribution in [0.3, 0.4) is 0 Å². The number of hydrogen-bond donors (Lipinski definition) is 3. The average Bonchev–Trinajstić information content (AvgIpc) is 2.86. The highest BCUT2D eigenvalue weighted by Crippen LogP contribution is 2.16. The molecule has 0 aliphatic carbocycles. The molecule has 4 N–H and O–H groups in total. The zero-order chi connectivity index (χ0) is 11.5. The summed E-state index contributed by atoms with van der Waals surface area (Å²) in [6, 6.07) is -0.00991. The van der Waals surface area contributed by atoms with Crippen molar-refractivity contribution in [2.24, 2.45) is 0 Å². The summed E-state index contributed by atoms with van der Waals surface area (Å²) in [6.45, 7) is 2.71. The Labute approximate surface area is 93.5 Å². The highest BCUT2D eigenvalue weighted by molar-refractivity contribution is 5.98. The van der Waals surface area contributed by atoms with E-state index in [2.05, 4.69) is 15.5 Å². The van der Waals surface area contributed by atoms with Gasteiger partial charge in [0.15, 0.2) is 0 Å². The smallest absolute Gasteiger partial charge is 0.256 e. The number of aromatic amines is 1. The number of carbonyl (C=O) groups is 1. The number of nitrogens with two attached hydrogens (primary N) is 1. The van der Waals surface area contributed by atoms with Gasteiger partial charge in [0.25, 0.3) is 5.91 Å². The number of nitrogens with zero attached hydrogens (tertiary/aromatic N) is 1. The summed E-state index contributed by atoms with van der Waals surface area (Å²) in [4.78, 5) is 11.8. The van der Waals surface area contributed by atoms with E-state index < -0.39 is 0 Å². The summed E-state index contributed by atoms with van der Waals surface area (Å²) in [6.07, 6.45) is 3.57.